The number of aryl methyl sites for hydroxylation is 1. The fourth-order valence-corrected chi connectivity index (χ4v) is 3.16. The molecule has 0 bridgehead atoms. The largest absolute Gasteiger partial charge is 0.354 e. The second-order valence-electron chi connectivity index (χ2n) is 5.64. The normalized spacial score (nSPS) is 10.9. The Morgan fingerprint density at radius 1 is 1.38 bits per heavy atom. The maximum absolute atomic E-state index is 12.0. The van der Waals surface area contributed by atoms with Gasteiger partial charge in [0.25, 0.3) is 0 Å². The number of anilines is 1. The van der Waals surface area contributed by atoms with Crippen LogP contribution in [0.25, 0.3) is 11.0 Å². The third-order valence-corrected chi connectivity index (χ3v) is 4.69. The molecule has 0 saturated carbocycles. The summed E-state index contributed by atoms with van der Waals surface area (Å²) in [6, 6.07) is 7.45. The number of rotatable bonds is 6. The molecule has 0 radical (unpaired) electrons. The first-order valence-electron chi connectivity index (χ1n) is 7.60. The maximum Gasteiger partial charge on any atom is 0.326 e. The number of carbonyl (C=O) groups is 1. The number of nitrogens with zero attached hydrogens (tertiary/aromatic N) is 3. The monoisotopic (exact) mass is 345 g/mol. The molecule has 8 heteroatoms. The lowest BCUT2D eigenvalue weighted by Gasteiger charge is -2.06. The van der Waals surface area contributed by atoms with Crippen molar-refractivity contribution in [3.05, 3.63) is 45.8 Å². The van der Waals surface area contributed by atoms with E-state index in [4.69, 9.17) is 0 Å². The molecular formula is C16H19N5O2S. The van der Waals surface area contributed by atoms with Crippen molar-refractivity contribution in [2.75, 3.05) is 19.0 Å². The number of fused-ring (bicyclic) bond motifs is 1. The van der Waals surface area contributed by atoms with Crippen LogP contribution in [0, 0.1) is 0 Å². The van der Waals surface area contributed by atoms with Gasteiger partial charge in [-0.25, -0.2) is 9.78 Å². The van der Waals surface area contributed by atoms with Gasteiger partial charge in [-0.2, -0.15) is 0 Å². The summed E-state index contributed by atoms with van der Waals surface area (Å²) in [4.78, 5) is 33.1. The molecule has 3 aromatic rings. The molecule has 1 amide bonds. The third-order valence-electron chi connectivity index (χ3n) is 3.63. The summed E-state index contributed by atoms with van der Waals surface area (Å²) >= 11 is 1.54. The standard InChI is InChI=1S/C16H19N5O2S/c1-20(2)16-18-11(10-24-16)9-17-14(22)7-8-21-13-6-4-3-5-12(13)19-15(21)23/h3-6,10H,7-9H2,1-2H3,(H,17,22)(H,19,23). The lowest BCUT2D eigenvalue weighted by atomic mass is 10.3. The SMILES string of the molecule is CN(C)c1nc(CNC(=O)CCn2c(=O)[nH]c3ccccc32)cs1. The first kappa shape index (κ1) is 16.3. The van der Waals surface area contributed by atoms with E-state index >= 15 is 0 Å². The second kappa shape index (κ2) is 6.88. The topological polar surface area (TPSA) is 83.0 Å². The van der Waals surface area contributed by atoms with E-state index in [0.717, 1.165) is 21.9 Å². The number of hydrogen-bond donors (Lipinski definition) is 2. The minimum absolute atomic E-state index is 0.105. The minimum Gasteiger partial charge on any atom is -0.354 e. The summed E-state index contributed by atoms with van der Waals surface area (Å²) < 4.78 is 1.59. The van der Waals surface area contributed by atoms with E-state index in [1.54, 1.807) is 4.57 Å². The van der Waals surface area contributed by atoms with Crippen molar-refractivity contribution in [3.63, 3.8) is 0 Å². The highest BCUT2D eigenvalue weighted by molar-refractivity contribution is 7.13. The number of para-hydroxylation sites is 2. The smallest absolute Gasteiger partial charge is 0.326 e. The first-order chi connectivity index (χ1) is 11.5. The van der Waals surface area contributed by atoms with Crippen LogP contribution in [0.5, 0.6) is 0 Å². The Morgan fingerprint density at radius 2 is 2.17 bits per heavy atom. The van der Waals surface area contributed by atoms with Crippen LogP contribution in [-0.2, 0) is 17.9 Å². The summed E-state index contributed by atoms with van der Waals surface area (Å²) in [6.45, 7) is 0.737. The molecule has 0 atom stereocenters. The van der Waals surface area contributed by atoms with Gasteiger partial charge in [-0.05, 0) is 12.1 Å². The van der Waals surface area contributed by atoms with Crippen molar-refractivity contribution >= 4 is 33.4 Å². The molecule has 126 valence electrons. The predicted molar refractivity (Wildman–Crippen MR) is 95.5 cm³/mol. The molecule has 7 nitrogen and oxygen atoms in total. The van der Waals surface area contributed by atoms with Crippen molar-refractivity contribution in [1.82, 2.24) is 19.9 Å². The molecule has 0 unspecified atom stereocenters. The molecule has 2 aromatic heterocycles. The summed E-state index contributed by atoms with van der Waals surface area (Å²) in [5.41, 5.74) is 2.23. The highest BCUT2D eigenvalue weighted by atomic mass is 32.1. The Morgan fingerprint density at radius 3 is 2.92 bits per heavy atom. The fourth-order valence-electron chi connectivity index (χ4n) is 2.40. The second-order valence-corrected chi connectivity index (χ2v) is 6.48. The molecule has 3 rings (SSSR count). The van der Waals surface area contributed by atoms with Gasteiger partial charge in [0.15, 0.2) is 5.13 Å². The molecule has 2 heterocycles. The van der Waals surface area contributed by atoms with E-state index < -0.39 is 0 Å². The summed E-state index contributed by atoms with van der Waals surface area (Å²) in [5, 5.41) is 5.68. The van der Waals surface area contributed by atoms with Gasteiger partial charge in [0.2, 0.25) is 5.91 Å². The zero-order valence-electron chi connectivity index (χ0n) is 13.6. The first-order valence-corrected chi connectivity index (χ1v) is 8.48. The molecule has 0 aliphatic carbocycles. The molecule has 2 N–H and O–H groups in total. The van der Waals surface area contributed by atoms with Gasteiger partial charge in [0.1, 0.15) is 0 Å². The van der Waals surface area contributed by atoms with E-state index in [2.05, 4.69) is 15.3 Å². The number of carbonyl (C=O) groups excluding carboxylic acids is 1. The number of thiazole rings is 1. The number of aromatic amines is 1. The number of hydrogen-bond acceptors (Lipinski definition) is 5. The van der Waals surface area contributed by atoms with Crippen LogP contribution in [0.1, 0.15) is 12.1 Å². The molecular weight excluding hydrogens is 326 g/mol. The van der Waals surface area contributed by atoms with Gasteiger partial charge < -0.3 is 15.2 Å². The van der Waals surface area contributed by atoms with Gasteiger partial charge >= 0.3 is 5.69 Å². The molecule has 0 fully saturated rings. The van der Waals surface area contributed by atoms with Crippen LogP contribution in [-0.4, -0.2) is 34.5 Å². The van der Waals surface area contributed by atoms with Gasteiger partial charge in [-0.1, -0.05) is 12.1 Å². The average Bonchev–Trinajstić information content (AvgIpc) is 3.15. The van der Waals surface area contributed by atoms with Gasteiger partial charge in [0, 0.05) is 32.4 Å². The van der Waals surface area contributed by atoms with Crippen LogP contribution in [0.15, 0.2) is 34.4 Å². The average molecular weight is 345 g/mol. The summed E-state index contributed by atoms with van der Waals surface area (Å²) in [6.07, 6.45) is 0.242. The van der Waals surface area contributed by atoms with Crippen LogP contribution >= 0.6 is 11.3 Å². The molecule has 0 saturated heterocycles. The highest BCUT2D eigenvalue weighted by Crippen LogP contribution is 2.17. The van der Waals surface area contributed by atoms with E-state index in [0.29, 0.717) is 13.1 Å². The number of imidazole rings is 1. The molecule has 0 aliphatic heterocycles. The maximum atomic E-state index is 12.0. The zero-order valence-corrected chi connectivity index (χ0v) is 14.4. The van der Waals surface area contributed by atoms with E-state index in [1.807, 2.05) is 48.6 Å². The number of aromatic nitrogens is 3. The van der Waals surface area contributed by atoms with Gasteiger partial charge in [0.05, 0.1) is 23.3 Å². The molecule has 0 aliphatic rings. The van der Waals surface area contributed by atoms with Crippen molar-refractivity contribution in [2.24, 2.45) is 0 Å². The van der Waals surface area contributed by atoms with E-state index in [9.17, 15) is 9.59 Å². The Kier molecular flexibility index (Phi) is 4.66. The molecule has 1 aromatic carbocycles. The number of nitrogens with one attached hydrogen (secondary N) is 2. The number of H-pyrrole nitrogens is 1. The quantitative estimate of drug-likeness (QED) is 0.710. The van der Waals surface area contributed by atoms with E-state index in [1.165, 1.54) is 11.3 Å². The van der Waals surface area contributed by atoms with Crippen LogP contribution in [0.4, 0.5) is 5.13 Å². The fraction of sp³-hybridized carbons (Fsp3) is 0.312. The lowest BCUT2D eigenvalue weighted by molar-refractivity contribution is -0.121. The van der Waals surface area contributed by atoms with Crippen molar-refractivity contribution in [2.45, 2.75) is 19.5 Å². The van der Waals surface area contributed by atoms with Crippen molar-refractivity contribution in [1.29, 1.82) is 0 Å². The van der Waals surface area contributed by atoms with Crippen LogP contribution in [0.2, 0.25) is 0 Å². The third kappa shape index (κ3) is 3.48. The van der Waals surface area contributed by atoms with Crippen molar-refractivity contribution < 1.29 is 4.79 Å². The predicted octanol–water partition coefficient (Wildman–Crippen LogP) is 1.56. The van der Waals surface area contributed by atoms with Gasteiger partial charge in [-0.3, -0.25) is 9.36 Å². The summed E-state index contributed by atoms with van der Waals surface area (Å²) in [5.74, 6) is -0.105. The van der Waals surface area contributed by atoms with Crippen molar-refractivity contribution in [3.8, 4) is 0 Å². The number of benzene rings is 1. The lowest BCUT2D eigenvalue weighted by Crippen LogP contribution is -2.26. The van der Waals surface area contributed by atoms with Crippen LogP contribution < -0.4 is 15.9 Å². The molecule has 24 heavy (non-hydrogen) atoms. The Hall–Kier alpha value is -2.61. The minimum atomic E-state index is -0.195. The van der Waals surface area contributed by atoms with Crippen LogP contribution in [0.3, 0.4) is 0 Å². The highest BCUT2D eigenvalue weighted by Gasteiger charge is 2.09. The zero-order chi connectivity index (χ0) is 17.1. The molecule has 0 spiro atoms. The van der Waals surface area contributed by atoms with E-state index in [-0.39, 0.29) is 18.0 Å². The Balaban J connectivity index is 1.57. The van der Waals surface area contributed by atoms with Gasteiger partial charge in [-0.15, -0.1) is 11.3 Å². The Labute approximate surface area is 142 Å². The summed E-state index contributed by atoms with van der Waals surface area (Å²) in [7, 11) is 3.86. The Bertz CT molecular complexity index is 908. The number of amides is 1.